The molecule has 2 aromatic carbocycles. The second kappa shape index (κ2) is 9.23. The summed E-state index contributed by atoms with van der Waals surface area (Å²) in [5.74, 6) is 0.739. The SMILES string of the molecule is CCCc1ccccc1N1C(=O)CSC1c1ccc(NC(=O)C(C)(C)CCl)cc1. The molecule has 1 unspecified atom stereocenters. The number of anilines is 2. The molecule has 3 rings (SSSR count). The van der Waals surface area contributed by atoms with Crippen molar-refractivity contribution >= 4 is 46.6 Å². The van der Waals surface area contributed by atoms with Crippen LogP contribution >= 0.6 is 23.4 Å². The van der Waals surface area contributed by atoms with Crippen molar-refractivity contribution in [1.29, 1.82) is 0 Å². The molecule has 0 radical (unpaired) electrons. The number of aryl methyl sites for hydroxylation is 1. The largest absolute Gasteiger partial charge is 0.326 e. The number of hydrogen-bond donors (Lipinski definition) is 1. The first-order valence-electron chi connectivity index (χ1n) is 9.86. The molecule has 6 heteroatoms. The highest BCUT2D eigenvalue weighted by Crippen LogP contribution is 2.43. The second-order valence-corrected chi connectivity index (χ2v) is 9.24. The monoisotopic (exact) mass is 430 g/mol. The molecule has 4 nitrogen and oxygen atoms in total. The fourth-order valence-corrected chi connectivity index (χ4v) is 4.54. The second-order valence-electron chi connectivity index (χ2n) is 7.90. The minimum absolute atomic E-state index is 0.0652. The number of carbonyl (C=O) groups is 2. The molecule has 1 fully saturated rings. The van der Waals surface area contributed by atoms with Gasteiger partial charge in [-0.3, -0.25) is 14.5 Å². The van der Waals surface area contributed by atoms with Crippen molar-refractivity contribution in [2.24, 2.45) is 5.41 Å². The lowest BCUT2D eigenvalue weighted by atomic mass is 9.95. The Hall–Kier alpha value is -1.98. The first kappa shape index (κ1) is 21.7. The molecule has 154 valence electrons. The fraction of sp³-hybridized carbons (Fsp3) is 0.391. The van der Waals surface area contributed by atoms with Gasteiger partial charge in [0.05, 0.1) is 11.2 Å². The lowest BCUT2D eigenvalue weighted by molar-refractivity contribution is -0.123. The average molecular weight is 431 g/mol. The molecule has 1 aliphatic heterocycles. The zero-order chi connectivity index (χ0) is 21.0. The van der Waals surface area contributed by atoms with Crippen molar-refractivity contribution in [1.82, 2.24) is 0 Å². The van der Waals surface area contributed by atoms with Crippen LogP contribution in [0, 0.1) is 5.41 Å². The summed E-state index contributed by atoms with van der Waals surface area (Å²) in [6, 6.07) is 15.9. The van der Waals surface area contributed by atoms with Gasteiger partial charge in [0.1, 0.15) is 5.37 Å². The molecule has 29 heavy (non-hydrogen) atoms. The molecule has 0 aliphatic carbocycles. The summed E-state index contributed by atoms with van der Waals surface area (Å²) >= 11 is 7.52. The molecule has 0 bridgehead atoms. The Morgan fingerprint density at radius 1 is 1.21 bits per heavy atom. The third-order valence-corrected chi connectivity index (χ3v) is 6.92. The van der Waals surface area contributed by atoms with Gasteiger partial charge in [0, 0.05) is 17.3 Å². The summed E-state index contributed by atoms with van der Waals surface area (Å²) in [5.41, 5.74) is 3.33. The zero-order valence-corrected chi connectivity index (χ0v) is 18.6. The maximum absolute atomic E-state index is 12.7. The summed E-state index contributed by atoms with van der Waals surface area (Å²) < 4.78 is 0. The molecule has 0 spiro atoms. The Bertz CT molecular complexity index is 883. The normalized spacial score (nSPS) is 16.9. The van der Waals surface area contributed by atoms with Gasteiger partial charge in [-0.25, -0.2) is 0 Å². The lowest BCUT2D eigenvalue weighted by Gasteiger charge is -2.27. The van der Waals surface area contributed by atoms with E-state index in [1.807, 2.05) is 61.2 Å². The van der Waals surface area contributed by atoms with Gasteiger partial charge in [-0.2, -0.15) is 0 Å². The molecule has 0 saturated carbocycles. The van der Waals surface area contributed by atoms with Crippen molar-refractivity contribution in [3.63, 3.8) is 0 Å². The standard InChI is InChI=1S/C23H27ClN2O2S/c1-4-7-16-8-5-6-9-19(16)26-20(27)14-29-21(26)17-10-12-18(13-11-17)25-22(28)23(2,3)15-24/h5-6,8-13,21H,4,7,14-15H2,1-3H3,(H,25,28). The Kier molecular flexibility index (Phi) is 6.91. The fourth-order valence-electron chi connectivity index (χ4n) is 3.25. The number of rotatable bonds is 7. The van der Waals surface area contributed by atoms with Crippen LogP contribution in [0.2, 0.25) is 0 Å². The van der Waals surface area contributed by atoms with E-state index in [-0.39, 0.29) is 23.1 Å². The summed E-state index contributed by atoms with van der Waals surface area (Å²) in [6.07, 6.45) is 1.97. The molecule has 0 aromatic heterocycles. The molecule has 2 aromatic rings. The Balaban J connectivity index is 1.83. The quantitative estimate of drug-likeness (QED) is 0.580. The number of nitrogens with one attached hydrogen (secondary N) is 1. The van der Waals surface area contributed by atoms with Crippen molar-refractivity contribution in [2.45, 2.75) is 39.0 Å². The third kappa shape index (κ3) is 4.78. The van der Waals surface area contributed by atoms with E-state index in [2.05, 4.69) is 18.3 Å². The van der Waals surface area contributed by atoms with Gasteiger partial charge in [0.2, 0.25) is 11.8 Å². The summed E-state index contributed by atoms with van der Waals surface area (Å²) in [4.78, 5) is 27.0. The molecule has 1 N–H and O–H groups in total. The highest BCUT2D eigenvalue weighted by atomic mass is 35.5. The molecule has 1 saturated heterocycles. The number of nitrogens with zero attached hydrogens (tertiary/aromatic N) is 1. The minimum atomic E-state index is -0.631. The number of halogens is 1. The summed E-state index contributed by atoms with van der Waals surface area (Å²) in [6.45, 7) is 5.78. The lowest BCUT2D eigenvalue weighted by Crippen LogP contribution is -2.32. The Morgan fingerprint density at radius 3 is 2.55 bits per heavy atom. The van der Waals surface area contributed by atoms with Crippen LogP contribution in [0.4, 0.5) is 11.4 Å². The maximum atomic E-state index is 12.7. The van der Waals surface area contributed by atoms with Crippen molar-refractivity contribution in [3.05, 3.63) is 59.7 Å². The van der Waals surface area contributed by atoms with Gasteiger partial charge >= 0.3 is 0 Å². The van der Waals surface area contributed by atoms with Crippen LogP contribution in [0.5, 0.6) is 0 Å². The van der Waals surface area contributed by atoms with Gasteiger partial charge in [0.25, 0.3) is 0 Å². The van der Waals surface area contributed by atoms with Crippen LogP contribution in [0.3, 0.4) is 0 Å². The van der Waals surface area contributed by atoms with Crippen LogP contribution in [-0.4, -0.2) is 23.4 Å². The molecule has 1 atom stereocenters. The van der Waals surface area contributed by atoms with Crippen molar-refractivity contribution in [2.75, 3.05) is 21.8 Å². The summed E-state index contributed by atoms with van der Waals surface area (Å²) in [7, 11) is 0. The third-order valence-electron chi connectivity index (χ3n) is 5.04. The van der Waals surface area contributed by atoms with E-state index in [0.717, 1.165) is 29.8 Å². The molecular weight excluding hydrogens is 404 g/mol. The summed E-state index contributed by atoms with van der Waals surface area (Å²) in [5, 5.41) is 2.85. The number of carbonyl (C=O) groups excluding carboxylic acids is 2. The van der Waals surface area contributed by atoms with Crippen LogP contribution in [0.25, 0.3) is 0 Å². The number of amides is 2. The van der Waals surface area contributed by atoms with E-state index in [1.54, 1.807) is 11.8 Å². The number of alkyl halides is 1. The first-order valence-corrected chi connectivity index (χ1v) is 11.4. The van der Waals surface area contributed by atoms with Crippen LogP contribution in [0.1, 0.15) is 43.7 Å². The van der Waals surface area contributed by atoms with E-state index in [0.29, 0.717) is 5.75 Å². The van der Waals surface area contributed by atoms with E-state index < -0.39 is 5.41 Å². The van der Waals surface area contributed by atoms with Crippen LogP contribution in [-0.2, 0) is 16.0 Å². The van der Waals surface area contributed by atoms with Gasteiger partial charge < -0.3 is 5.32 Å². The predicted octanol–water partition coefficient (Wildman–Crippen LogP) is 5.62. The van der Waals surface area contributed by atoms with Gasteiger partial charge in [-0.05, 0) is 49.6 Å². The van der Waals surface area contributed by atoms with Crippen molar-refractivity contribution < 1.29 is 9.59 Å². The van der Waals surface area contributed by atoms with E-state index >= 15 is 0 Å². The highest BCUT2D eigenvalue weighted by Gasteiger charge is 2.35. The van der Waals surface area contributed by atoms with Gasteiger partial charge in [0.15, 0.2) is 0 Å². The maximum Gasteiger partial charge on any atom is 0.238 e. The number of para-hydroxylation sites is 1. The number of hydrogen-bond acceptors (Lipinski definition) is 3. The molecule has 2 amide bonds. The van der Waals surface area contributed by atoms with E-state index in [4.69, 9.17) is 11.6 Å². The molecule has 1 heterocycles. The number of thioether (sulfide) groups is 1. The van der Waals surface area contributed by atoms with Crippen LogP contribution in [0.15, 0.2) is 48.5 Å². The zero-order valence-electron chi connectivity index (χ0n) is 17.1. The van der Waals surface area contributed by atoms with Crippen molar-refractivity contribution in [3.8, 4) is 0 Å². The van der Waals surface area contributed by atoms with E-state index in [1.165, 1.54) is 5.56 Å². The predicted molar refractivity (Wildman–Crippen MR) is 123 cm³/mol. The Morgan fingerprint density at radius 2 is 1.90 bits per heavy atom. The minimum Gasteiger partial charge on any atom is -0.326 e. The molecule has 1 aliphatic rings. The van der Waals surface area contributed by atoms with Gasteiger partial charge in [-0.1, -0.05) is 43.7 Å². The van der Waals surface area contributed by atoms with E-state index in [9.17, 15) is 9.59 Å². The Labute approximate surface area is 182 Å². The topological polar surface area (TPSA) is 49.4 Å². The smallest absolute Gasteiger partial charge is 0.238 e. The van der Waals surface area contributed by atoms with Crippen LogP contribution < -0.4 is 10.2 Å². The number of benzene rings is 2. The van der Waals surface area contributed by atoms with Gasteiger partial charge in [-0.15, -0.1) is 23.4 Å². The molecular formula is C23H27ClN2O2S. The first-order chi connectivity index (χ1) is 13.9. The average Bonchev–Trinajstić information content (AvgIpc) is 3.10. The highest BCUT2D eigenvalue weighted by molar-refractivity contribution is 8.00.